The molecule has 0 radical (unpaired) electrons. The van der Waals surface area contributed by atoms with Crippen LogP contribution < -0.4 is 0 Å². The van der Waals surface area contributed by atoms with Crippen molar-refractivity contribution in [2.45, 2.75) is 0 Å². The molecule has 0 aliphatic carbocycles. The average molecular weight is 713 g/mol. The summed E-state index contributed by atoms with van der Waals surface area (Å²) >= 11 is 0. The van der Waals surface area contributed by atoms with Crippen LogP contribution in [0.5, 0.6) is 0 Å². The molecule has 14 aromatic rings. The topological polar surface area (TPSA) is 35.1 Å². The van der Waals surface area contributed by atoms with E-state index in [0.29, 0.717) is 0 Å². The lowest BCUT2D eigenvalue weighted by Gasteiger charge is -2.13. The number of nitrogens with zero attached hydrogens (tertiary/aromatic N) is 2. The lowest BCUT2D eigenvalue weighted by atomic mass is 9.95. The van der Waals surface area contributed by atoms with E-state index in [9.17, 15) is 0 Å². The minimum absolute atomic E-state index is 0.910. The molecule has 0 saturated carbocycles. The second-order valence-corrected chi connectivity index (χ2v) is 15.3. The van der Waals surface area contributed by atoms with Crippen molar-refractivity contribution < 1.29 is 8.83 Å². The Morgan fingerprint density at radius 2 is 0.911 bits per heavy atom. The van der Waals surface area contributed by atoms with Crippen molar-refractivity contribution in [3.63, 3.8) is 0 Å². The predicted octanol–water partition coefficient (Wildman–Crippen LogP) is 14.6. The molecule has 56 heavy (non-hydrogen) atoms. The van der Waals surface area contributed by atoms with E-state index in [1.54, 1.807) is 0 Å². The lowest BCUT2D eigenvalue weighted by molar-refractivity contribution is 0.669. The molecular formula is C52H28N2O2. The minimum atomic E-state index is 0.910. The Labute approximate surface area is 317 Å². The molecule has 14 rings (SSSR count). The van der Waals surface area contributed by atoms with Gasteiger partial charge in [0, 0.05) is 71.6 Å². The summed E-state index contributed by atoms with van der Waals surface area (Å²) in [6, 6.07) is 57.0. The molecule has 0 atom stereocenters. The Morgan fingerprint density at radius 1 is 0.321 bits per heavy atom. The first-order valence-corrected chi connectivity index (χ1v) is 19.2. The molecule has 0 fully saturated rings. The fourth-order valence-electron chi connectivity index (χ4n) is 10.0. The Balaban J connectivity index is 1.07. The van der Waals surface area contributed by atoms with E-state index < -0.39 is 0 Å². The zero-order chi connectivity index (χ0) is 36.2. The van der Waals surface area contributed by atoms with Gasteiger partial charge in [-0.1, -0.05) is 103 Å². The van der Waals surface area contributed by atoms with Gasteiger partial charge in [-0.2, -0.15) is 0 Å². The maximum atomic E-state index is 6.68. The van der Waals surface area contributed by atoms with Crippen LogP contribution in [0.25, 0.3) is 131 Å². The van der Waals surface area contributed by atoms with Gasteiger partial charge in [-0.25, -0.2) is 0 Å². The fraction of sp³-hybridized carbons (Fsp3) is 0. The highest BCUT2D eigenvalue weighted by molar-refractivity contribution is 6.32. The van der Waals surface area contributed by atoms with Crippen molar-refractivity contribution in [3.8, 4) is 11.1 Å². The van der Waals surface area contributed by atoms with E-state index >= 15 is 0 Å². The highest BCUT2D eigenvalue weighted by atomic mass is 16.3. The third-order valence-corrected chi connectivity index (χ3v) is 12.4. The molecule has 0 amide bonds. The molecule has 4 nitrogen and oxygen atoms in total. The van der Waals surface area contributed by atoms with E-state index in [2.05, 4.69) is 167 Å². The number of aromatic nitrogens is 2. The molecule has 0 spiro atoms. The van der Waals surface area contributed by atoms with Crippen LogP contribution in [0.3, 0.4) is 0 Å². The van der Waals surface area contributed by atoms with E-state index in [4.69, 9.17) is 8.83 Å². The van der Waals surface area contributed by atoms with Crippen molar-refractivity contribution in [3.05, 3.63) is 170 Å². The van der Waals surface area contributed by atoms with Crippen molar-refractivity contribution in [2.24, 2.45) is 0 Å². The largest absolute Gasteiger partial charge is 0.456 e. The minimum Gasteiger partial charge on any atom is -0.456 e. The predicted molar refractivity (Wildman–Crippen MR) is 233 cm³/mol. The number of furan rings is 2. The first-order valence-electron chi connectivity index (χ1n) is 19.2. The lowest BCUT2D eigenvalue weighted by Crippen LogP contribution is -1.91. The van der Waals surface area contributed by atoms with E-state index in [-0.39, 0.29) is 0 Å². The highest BCUT2D eigenvalue weighted by Gasteiger charge is 2.21. The first kappa shape index (κ1) is 28.9. The summed E-state index contributed by atoms with van der Waals surface area (Å²) in [5.74, 6) is 0. The molecule has 0 bridgehead atoms. The highest BCUT2D eigenvalue weighted by Crippen LogP contribution is 2.45. The Morgan fingerprint density at radius 3 is 1.80 bits per heavy atom. The number of para-hydroxylation sites is 3. The zero-order valence-corrected chi connectivity index (χ0v) is 29.9. The summed E-state index contributed by atoms with van der Waals surface area (Å²) in [4.78, 5) is 0. The van der Waals surface area contributed by atoms with Crippen LogP contribution in [-0.4, -0.2) is 8.80 Å². The van der Waals surface area contributed by atoms with Gasteiger partial charge >= 0.3 is 0 Å². The number of fused-ring (bicyclic) bond motifs is 24. The van der Waals surface area contributed by atoms with Gasteiger partial charge in [-0.15, -0.1) is 0 Å². The van der Waals surface area contributed by atoms with Gasteiger partial charge in [0.2, 0.25) is 0 Å². The van der Waals surface area contributed by atoms with Gasteiger partial charge in [0.25, 0.3) is 0 Å². The number of rotatable bonds is 1. The summed E-state index contributed by atoms with van der Waals surface area (Å²) in [6.45, 7) is 0. The summed E-state index contributed by atoms with van der Waals surface area (Å²) in [5.41, 5.74) is 10.8. The number of hydrogen-bond donors (Lipinski definition) is 0. The molecule has 0 saturated heterocycles. The van der Waals surface area contributed by atoms with Crippen LogP contribution in [0.4, 0.5) is 0 Å². The van der Waals surface area contributed by atoms with Crippen LogP contribution in [0, 0.1) is 0 Å². The number of benzene rings is 8. The van der Waals surface area contributed by atoms with Crippen LogP contribution in [0.15, 0.2) is 179 Å². The molecule has 0 unspecified atom stereocenters. The quantitative estimate of drug-likeness (QED) is 0.159. The van der Waals surface area contributed by atoms with Gasteiger partial charge in [0.1, 0.15) is 22.3 Å². The average Bonchev–Trinajstić information content (AvgIpc) is 4.03. The fourth-order valence-corrected chi connectivity index (χ4v) is 10.0. The molecule has 6 aromatic heterocycles. The summed E-state index contributed by atoms with van der Waals surface area (Å²) in [6.07, 6.45) is 4.60. The van der Waals surface area contributed by atoms with Crippen LogP contribution in [0.1, 0.15) is 0 Å². The van der Waals surface area contributed by atoms with Crippen molar-refractivity contribution in [1.29, 1.82) is 0 Å². The third-order valence-electron chi connectivity index (χ3n) is 12.4. The van der Waals surface area contributed by atoms with Crippen molar-refractivity contribution in [2.75, 3.05) is 0 Å². The number of hydrogen-bond acceptors (Lipinski definition) is 2. The van der Waals surface area contributed by atoms with E-state index in [0.717, 1.165) is 43.9 Å². The van der Waals surface area contributed by atoms with Gasteiger partial charge < -0.3 is 17.6 Å². The summed E-state index contributed by atoms with van der Waals surface area (Å²) in [5, 5.41) is 16.7. The molecule has 0 aliphatic rings. The van der Waals surface area contributed by atoms with Crippen molar-refractivity contribution >= 4 is 120 Å². The van der Waals surface area contributed by atoms with Crippen molar-refractivity contribution in [1.82, 2.24) is 8.80 Å². The third kappa shape index (κ3) is 3.55. The normalized spacial score (nSPS) is 12.6. The SMILES string of the molecule is c1ccc2c(c1)cn1c3ccc(-c4ccc5c(c4)cn4c6ccccc6c6ccc7c8ccccc8oc7c6c54)cc3c3ccc4oc5ccccc5c4c3c21. The van der Waals surface area contributed by atoms with Gasteiger partial charge in [-0.3, -0.25) is 0 Å². The Hall–Kier alpha value is -7.56. The van der Waals surface area contributed by atoms with Gasteiger partial charge in [-0.05, 0) is 76.5 Å². The molecule has 4 heteroatoms. The molecule has 8 aromatic carbocycles. The molecular weight excluding hydrogens is 685 g/mol. The van der Waals surface area contributed by atoms with Gasteiger partial charge in [0.15, 0.2) is 0 Å². The van der Waals surface area contributed by atoms with E-state index in [1.165, 1.54) is 87.1 Å². The van der Waals surface area contributed by atoms with Gasteiger partial charge in [0.05, 0.1) is 27.5 Å². The zero-order valence-electron chi connectivity index (χ0n) is 29.9. The van der Waals surface area contributed by atoms with Crippen LogP contribution in [-0.2, 0) is 0 Å². The van der Waals surface area contributed by atoms with Crippen LogP contribution >= 0.6 is 0 Å². The van der Waals surface area contributed by atoms with Crippen LogP contribution in [0.2, 0.25) is 0 Å². The maximum Gasteiger partial charge on any atom is 0.145 e. The number of pyridine rings is 2. The Kier molecular flexibility index (Phi) is 5.23. The maximum absolute atomic E-state index is 6.68. The summed E-state index contributed by atoms with van der Waals surface area (Å²) in [7, 11) is 0. The standard InChI is InChI=1S/C52H28N2O2/c1-2-10-33-31(9-1)27-53-43-23-18-30(26-41(43)38-22-24-46-47(48(38)50(33)53)40-13-5-8-16-45(40)55-46)29-17-19-34-32(25-29)28-54-42-14-6-3-11-35(42)37-20-21-39-36-12-4-7-15-44(36)56-52(39)49(37)51(34)54/h1-28H. The second kappa shape index (κ2) is 10.1. The molecule has 258 valence electrons. The molecule has 6 heterocycles. The Bertz CT molecular complexity index is 4060. The smallest absolute Gasteiger partial charge is 0.145 e. The monoisotopic (exact) mass is 712 g/mol. The first-order chi connectivity index (χ1) is 27.8. The summed E-state index contributed by atoms with van der Waals surface area (Å²) < 4.78 is 17.9. The second-order valence-electron chi connectivity index (χ2n) is 15.3. The molecule has 0 N–H and O–H groups in total. The molecule has 0 aliphatic heterocycles. The van der Waals surface area contributed by atoms with E-state index in [1.807, 2.05) is 12.1 Å².